The predicted molar refractivity (Wildman–Crippen MR) is 97.3 cm³/mol. The highest BCUT2D eigenvalue weighted by molar-refractivity contribution is 6.03. The standard InChI is InChI=1S/C18H12N6O3/c25-16(13-6-8-14(9-7-13)24(26)27)20-17-21-18-19-15(10-11-23(18)22-17)12-4-2-1-3-5-12/h1-11H,(H,20,22,25). The van der Waals surface area contributed by atoms with Gasteiger partial charge in [0.15, 0.2) is 0 Å². The van der Waals surface area contributed by atoms with E-state index >= 15 is 0 Å². The number of hydrogen-bond donors (Lipinski definition) is 1. The van der Waals surface area contributed by atoms with Crippen molar-refractivity contribution in [1.29, 1.82) is 0 Å². The van der Waals surface area contributed by atoms with Crippen LogP contribution in [-0.2, 0) is 0 Å². The summed E-state index contributed by atoms with van der Waals surface area (Å²) in [6.07, 6.45) is 1.71. The zero-order chi connectivity index (χ0) is 18.8. The molecule has 27 heavy (non-hydrogen) atoms. The van der Waals surface area contributed by atoms with Crippen molar-refractivity contribution < 1.29 is 9.72 Å². The van der Waals surface area contributed by atoms with Crippen LogP contribution in [0.1, 0.15) is 10.4 Å². The van der Waals surface area contributed by atoms with Crippen molar-refractivity contribution in [2.75, 3.05) is 5.32 Å². The molecule has 0 bridgehead atoms. The molecule has 0 saturated carbocycles. The number of carbonyl (C=O) groups is 1. The average molecular weight is 360 g/mol. The molecule has 0 radical (unpaired) electrons. The van der Waals surface area contributed by atoms with E-state index in [9.17, 15) is 14.9 Å². The van der Waals surface area contributed by atoms with Crippen LogP contribution in [-0.4, -0.2) is 30.4 Å². The largest absolute Gasteiger partial charge is 0.289 e. The van der Waals surface area contributed by atoms with E-state index in [-0.39, 0.29) is 17.2 Å². The molecular formula is C18H12N6O3. The fourth-order valence-electron chi connectivity index (χ4n) is 2.51. The number of nitrogens with one attached hydrogen (secondary N) is 1. The highest BCUT2D eigenvalue weighted by atomic mass is 16.6. The molecule has 0 saturated heterocycles. The molecule has 1 N–H and O–H groups in total. The number of nitro groups is 1. The molecule has 0 aliphatic carbocycles. The van der Waals surface area contributed by atoms with Gasteiger partial charge in [-0.2, -0.15) is 4.98 Å². The first kappa shape index (κ1) is 16.3. The first-order chi connectivity index (χ1) is 13.1. The lowest BCUT2D eigenvalue weighted by molar-refractivity contribution is -0.384. The van der Waals surface area contributed by atoms with Gasteiger partial charge in [-0.15, -0.1) is 5.10 Å². The molecule has 132 valence electrons. The maximum atomic E-state index is 12.3. The Kier molecular flexibility index (Phi) is 4.01. The number of carbonyl (C=O) groups excluding carboxylic acids is 1. The fourth-order valence-corrected chi connectivity index (χ4v) is 2.51. The zero-order valence-electron chi connectivity index (χ0n) is 13.8. The van der Waals surface area contributed by atoms with Gasteiger partial charge >= 0.3 is 0 Å². The van der Waals surface area contributed by atoms with E-state index in [1.54, 1.807) is 12.3 Å². The number of fused-ring (bicyclic) bond motifs is 1. The number of nitrogens with zero attached hydrogens (tertiary/aromatic N) is 5. The predicted octanol–water partition coefficient (Wildman–Crippen LogP) is 2.95. The first-order valence-corrected chi connectivity index (χ1v) is 7.95. The minimum Gasteiger partial charge on any atom is -0.289 e. The van der Waals surface area contributed by atoms with Crippen LogP contribution in [0.3, 0.4) is 0 Å². The Hall–Kier alpha value is -4.14. The monoisotopic (exact) mass is 360 g/mol. The summed E-state index contributed by atoms with van der Waals surface area (Å²) >= 11 is 0. The molecule has 2 aromatic heterocycles. The number of benzene rings is 2. The summed E-state index contributed by atoms with van der Waals surface area (Å²) in [5, 5.41) is 17.4. The van der Waals surface area contributed by atoms with Gasteiger partial charge in [-0.3, -0.25) is 20.2 Å². The lowest BCUT2D eigenvalue weighted by Crippen LogP contribution is -2.13. The van der Waals surface area contributed by atoms with Crippen LogP contribution in [0.25, 0.3) is 17.0 Å². The lowest BCUT2D eigenvalue weighted by atomic mass is 10.1. The van der Waals surface area contributed by atoms with Crippen LogP contribution in [0, 0.1) is 10.1 Å². The van der Waals surface area contributed by atoms with Gasteiger partial charge in [0.25, 0.3) is 23.3 Å². The fraction of sp³-hybridized carbons (Fsp3) is 0. The lowest BCUT2D eigenvalue weighted by Gasteiger charge is -2.00. The smallest absolute Gasteiger partial charge is 0.269 e. The number of nitro benzene ring substituents is 1. The van der Waals surface area contributed by atoms with Gasteiger partial charge in [-0.05, 0) is 18.2 Å². The van der Waals surface area contributed by atoms with Crippen molar-refractivity contribution in [1.82, 2.24) is 19.6 Å². The van der Waals surface area contributed by atoms with E-state index in [0.717, 1.165) is 11.3 Å². The van der Waals surface area contributed by atoms with Gasteiger partial charge in [-0.1, -0.05) is 30.3 Å². The van der Waals surface area contributed by atoms with Gasteiger partial charge in [0.1, 0.15) is 0 Å². The second-order valence-corrected chi connectivity index (χ2v) is 5.62. The van der Waals surface area contributed by atoms with E-state index in [0.29, 0.717) is 5.78 Å². The van der Waals surface area contributed by atoms with Crippen molar-refractivity contribution in [3.05, 3.63) is 82.5 Å². The molecule has 0 unspecified atom stereocenters. The van der Waals surface area contributed by atoms with Crippen LogP contribution < -0.4 is 5.32 Å². The van der Waals surface area contributed by atoms with E-state index in [1.807, 2.05) is 30.3 Å². The van der Waals surface area contributed by atoms with Gasteiger partial charge in [0.05, 0.1) is 10.6 Å². The van der Waals surface area contributed by atoms with E-state index < -0.39 is 10.8 Å². The Morgan fingerprint density at radius 2 is 1.74 bits per heavy atom. The molecule has 9 heteroatoms. The van der Waals surface area contributed by atoms with Gasteiger partial charge < -0.3 is 0 Å². The van der Waals surface area contributed by atoms with Crippen LogP contribution in [0.5, 0.6) is 0 Å². The van der Waals surface area contributed by atoms with E-state index in [4.69, 9.17) is 0 Å². The van der Waals surface area contributed by atoms with Crippen molar-refractivity contribution in [2.24, 2.45) is 0 Å². The summed E-state index contributed by atoms with van der Waals surface area (Å²) in [6.45, 7) is 0. The van der Waals surface area contributed by atoms with Crippen molar-refractivity contribution in [2.45, 2.75) is 0 Å². The second kappa shape index (κ2) is 6.64. The molecule has 0 aliphatic rings. The van der Waals surface area contributed by atoms with Crippen LogP contribution >= 0.6 is 0 Å². The number of non-ortho nitro benzene ring substituents is 1. The summed E-state index contributed by atoms with van der Waals surface area (Å²) in [5.74, 6) is -0.0319. The molecule has 0 atom stereocenters. The second-order valence-electron chi connectivity index (χ2n) is 5.62. The van der Waals surface area contributed by atoms with E-state index in [1.165, 1.54) is 28.8 Å². The van der Waals surface area contributed by atoms with Crippen molar-refractivity contribution in [3.63, 3.8) is 0 Å². The Balaban J connectivity index is 1.57. The third-order valence-corrected chi connectivity index (χ3v) is 3.84. The quantitative estimate of drug-likeness (QED) is 0.442. The molecule has 0 fully saturated rings. The minimum absolute atomic E-state index is 0.0879. The van der Waals surface area contributed by atoms with Gasteiger partial charge in [0, 0.05) is 29.5 Å². The zero-order valence-corrected chi connectivity index (χ0v) is 13.8. The Bertz CT molecular complexity index is 1140. The van der Waals surface area contributed by atoms with Crippen molar-refractivity contribution >= 4 is 23.3 Å². The van der Waals surface area contributed by atoms with E-state index in [2.05, 4.69) is 20.4 Å². The first-order valence-electron chi connectivity index (χ1n) is 7.95. The van der Waals surface area contributed by atoms with Crippen LogP contribution in [0.2, 0.25) is 0 Å². The minimum atomic E-state index is -0.526. The Morgan fingerprint density at radius 1 is 1.00 bits per heavy atom. The number of amides is 1. The summed E-state index contributed by atoms with van der Waals surface area (Å²) in [5.41, 5.74) is 1.86. The number of rotatable bonds is 4. The maximum Gasteiger partial charge on any atom is 0.269 e. The normalized spacial score (nSPS) is 10.7. The maximum absolute atomic E-state index is 12.3. The topological polar surface area (TPSA) is 115 Å². The van der Waals surface area contributed by atoms with Crippen LogP contribution in [0.4, 0.5) is 11.6 Å². The van der Waals surface area contributed by atoms with Crippen LogP contribution in [0.15, 0.2) is 66.9 Å². The molecular weight excluding hydrogens is 348 g/mol. The molecule has 1 amide bonds. The number of hydrogen-bond acceptors (Lipinski definition) is 6. The third kappa shape index (κ3) is 3.33. The number of anilines is 1. The molecule has 4 aromatic rings. The molecule has 2 aromatic carbocycles. The average Bonchev–Trinajstić information content (AvgIpc) is 3.10. The highest BCUT2D eigenvalue weighted by Gasteiger charge is 2.13. The SMILES string of the molecule is O=C(Nc1nc2nc(-c3ccccc3)ccn2n1)c1ccc([N+](=O)[O-])cc1. The summed E-state index contributed by atoms with van der Waals surface area (Å²) in [4.78, 5) is 31.1. The molecule has 0 spiro atoms. The molecule has 0 aliphatic heterocycles. The number of aromatic nitrogens is 4. The van der Waals surface area contributed by atoms with Crippen molar-refractivity contribution in [3.8, 4) is 11.3 Å². The van der Waals surface area contributed by atoms with Gasteiger partial charge in [0.2, 0.25) is 0 Å². The molecule has 4 rings (SSSR count). The summed E-state index contributed by atoms with van der Waals surface area (Å²) in [7, 11) is 0. The summed E-state index contributed by atoms with van der Waals surface area (Å²) < 4.78 is 1.46. The Morgan fingerprint density at radius 3 is 2.44 bits per heavy atom. The highest BCUT2D eigenvalue weighted by Crippen LogP contribution is 2.17. The van der Waals surface area contributed by atoms with Gasteiger partial charge in [-0.25, -0.2) is 9.50 Å². The Labute approximate surface area is 152 Å². The third-order valence-electron chi connectivity index (χ3n) is 3.84. The molecule has 2 heterocycles. The molecule has 9 nitrogen and oxygen atoms in total. The summed E-state index contributed by atoms with van der Waals surface area (Å²) in [6, 6.07) is 16.7.